The molecule has 0 radical (unpaired) electrons. The van der Waals surface area contributed by atoms with Crippen molar-refractivity contribution in [1.82, 2.24) is 0 Å². The van der Waals surface area contributed by atoms with Gasteiger partial charge < -0.3 is 18.9 Å². The van der Waals surface area contributed by atoms with Gasteiger partial charge in [0, 0.05) is 12.6 Å². The van der Waals surface area contributed by atoms with Crippen molar-refractivity contribution in [2.75, 3.05) is 6.66 Å². The molecule has 1 aliphatic rings. The maximum Gasteiger partial charge on any atom is 0.227 e. The summed E-state index contributed by atoms with van der Waals surface area (Å²) < 4.78 is 17.6. The van der Waals surface area contributed by atoms with Gasteiger partial charge in [-0.3, -0.25) is 0 Å². The van der Waals surface area contributed by atoms with Gasteiger partial charge >= 0.3 is 0 Å². The molecular weight excluding hydrogens is 287 g/mol. The summed E-state index contributed by atoms with van der Waals surface area (Å²) in [4.78, 5) is 0. The molecule has 118 valence electrons. The van der Waals surface area contributed by atoms with Crippen LogP contribution in [0.25, 0.3) is 0 Å². The van der Waals surface area contributed by atoms with Crippen molar-refractivity contribution in [3.63, 3.8) is 0 Å². The van der Waals surface area contributed by atoms with Gasteiger partial charge in [0.25, 0.3) is 0 Å². The van der Waals surface area contributed by atoms with Crippen LogP contribution >= 0.6 is 8.38 Å². The fourth-order valence-corrected chi connectivity index (χ4v) is 3.71. The van der Waals surface area contributed by atoms with E-state index in [4.69, 9.17) is 13.8 Å². The lowest BCUT2D eigenvalue weighted by Crippen LogP contribution is -2.40. The van der Waals surface area contributed by atoms with Gasteiger partial charge in [-0.15, -0.1) is 0 Å². The highest BCUT2D eigenvalue weighted by atomic mass is 31.2. The quantitative estimate of drug-likeness (QED) is 0.844. The second-order valence-electron chi connectivity index (χ2n) is 5.91. The third kappa shape index (κ3) is 3.75. The van der Waals surface area contributed by atoms with E-state index in [1.807, 2.05) is 64.7 Å². The minimum absolute atomic E-state index is 0.0163. The molecule has 0 amide bonds. The first kappa shape index (κ1) is 16.7. The highest BCUT2D eigenvalue weighted by molar-refractivity contribution is 7.46. The zero-order valence-corrected chi connectivity index (χ0v) is 14.2. The van der Waals surface area contributed by atoms with E-state index >= 15 is 0 Å². The number of aliphatic hydroxyl groups is 1. The van der Waals surface area contributed by atoms with Crippen LogP contribution in [0, 0.1) is 5.92 Å². The number of rotatable bonds is 5. The largest absolute Gasteiger partial charge is 0.448 e. The van der Waals surface area contributed by atoms with Crippen LogP contribution in [0.5, 0.6) is 5.75 Å². The Bertz CT molecular complexity index is 451. The molecule has 0 spiro atoms. The van der Waals surface area contributed by atoms with Gasteiger partial charge in [0.15, 0.2) is 0 Å². The fourth-order valence-electron chi connectivity index (χ4n) is 2.66. The summed E-state index contributed by atoms with van der Waals surface area (Å²) in [6.07, 6.45) is -0.447. The Morgan fingerprint density at radius 2 is 1.90 bits per heavy atom. The molecular formula is C16H25O4P. The Kier molecular flexibility index (Phi) is 5.26. The lowest BCUT2D eigenvalue weighted by atomic mass is 9.85. The second kappa shape index (κ2) is 6.62. The van der Waals surface area contributed by atoms with Crippen LogP contribution in [0.1, 0.15) is 27.7 Å². The van der Waals surface area contributed by atoms with Crippen LogP contribution in [0.15, 0.2) is 30.3 Å². The highest BCUT2D eigenvalue weighted by Gasteiger charge is 2.50. The first-order valence-corrected chi connectivity index (χ1v) is 8.96. The van der Waals surface area contributed by atoms with Gasteiger partial charge in [0.1, 0.15) is 5.75 Å². The number of hydrogen-bond acceptors (Lipinski definition) is 4. The van der Waals surface area contributed by atoms with Gasteiger partial charge in [0.05, 0.1) is 23.9 Å². The van der Waals surface area contributed by atoms with E-state index in [9.17, 15) is 5.11 Å². The number of hydrogen-bond donors (Lipinski definition) is 1. The molecule has 2 rings (SSSR count). The summed E-state index contributed by atoms with van der Waals surface area (Å²) >= 11 is 0. The van der Waals surface area contributed by atoms with Crippen LogP contribution in [0.3, 0.4) is 0 Å². The molecule has 1 aliphatic heterocycles. The molecule has 1 fully saturated rings. The van der Waals surface area contributed by atoms with E-state index in [0.29, 0.717) is 0 Å². The Morgan fingerprint density at radius 1 is 1.29 bits per heavy atom. The first-order valence-electron chi connectivity index (χ1n) is 7.33. The summed E-state index contributed by atoms with van der Waals surface area (Å²) in [5, 5.41) is 10.4. The predicted molar refractivity (Wildman–Crippen MR) is 84.6 cm³/mol. The monoisotopic (exact) mass is 312 g/mol. The first-order chi connectivity index (χ1) is 9.82. The topological polar surface area (TPSA) is 47.9 Å². The minimum Gasteiger partial charge on any atom is -0.448 e. The van der Waals surface area contributed by atoms with E-state index in [1.54, 1.807) is 0 Å². The molecule has 1 N–H and O–H groups in total. The van der Waals surface area contributed by atoms with Crippen molar-refractivity contribution >= 4 is 8.38 Å². The molecule has 1 aromatic rings. The van der Waals surface area contributed by atoms with Gasteiger partial charge in [-0.25, -0.2) is 0 Å². The predicted octanol–water partition coefficient (Wildman–Crippen LogP) is 3.59. The summed E-state index contributed by atoms with van der Waals surface area (Å²) in [7, 11) is -1.04. The third-order valence-corrected chi connectivity index (χ3v) is 5.45. The standard InChI is InChI=1S/C16H25O4P/c1-11-15(18-13(3)16(11,4)17)12(2)19-21(5)20-14-9-7-6-8-10-14/h6-13,15,17H,1-5H3/t11-,12+,13+,15+,16-,21+/m1/s1. The Balaban J connectivity index is 1.91. The van der Waals surface area contributed by atoms with Crippen LogP contribution in [-0.2, 0) is 9.26 Å². The van der Waals surface area contributed by atoms with Crippen molar-refractivity contribution in [1.29, 1.82) is 0 Å². The van der Waals surface area contributed by atoms with Crippen LogP contribution < -0.4 is 4.52 Å². The van der Waals surface area contributed by atoms with E-state index in [1.165, 1.54) is 0 Å². The van der Waals surface area contributed by atoms with Crippen LogP contribution in [0.2, 0.25) is 0 Å². The molecule has 0 saturated carbocycles. The zero-order valence-electron chi connectivity index (χ0n) is 13.3. The molecule has 0 unspecified atom stereocenters. The SMILES string of the molecule is C[C@H](O[P@](C)Oc1ccccc1)[C@H]1O[C@@H](C)[C@](C)(O)[C@@H]1C. The van der Waals surface area contributed by atoms with Crippen molar-refractivity contribution < 1.29 is 18.9 Å². The smallest absolute Gasteiger partial charge is 0.227 e. The van der Waals surface area contributed by atoms with E-state index in [2.05, 4.69) is 0 Å². The molecule has 0 aromatic heterocycles. The molecule has 0 aliphatic carbocycles. The number of para-hydroxylation sites is 1. The summed E-state index contributed by atoms with van der Waals surface area (Å²) in [6.45, 7) is 9.63. The van der Waals surface area contributed by atoms with E-state index in [-0.39, 0.29) is 24.2 Å². The maximum absolute atomic E-state index is 10.4. The van der Waals surface area contributed by atoms with Gasteiger partial charge in [0.2, 0.25) is 8.38 Å². The molecule has 21 heavy (non-hydrogen) atoms. The minimum atomic E-state index is -1.04. The fraction of sp³-hybridized carbons (Fsp3) is 0.625. The van der Waals surface area contributed by atoms with Crippen LogP contribution in [-0.4, -0.2) is 35.7 Å². The van der Waals surface area contributed by atoms with E-state index in [0.717, 1.165) is 5.75 Å². The van der Waals surface area contributed by atoms with Gasteiger partial charge in [-0.2, -0.15) is 0 Å². The zero-order chi connectivity index (χ0) is 15.6. The summed E-state index contributed by atoms with van der Waals surface area (Å²) in [5.41, 5.74) is -0.820. The Hall–Kier alpha value is -0.670. The number of benzene rings is 1. The highest BCUT2D eigenvalue weighted by Crippen LogP contribution is 2.42. The van der Waals surface area contributed by atoms with Crippen LogP contribution in [0.4, 0.5) is 0 Å². The lowest BCUT2D eigenvalue weighted by molar-refractivity contribution is -0.0446. The van der Waals surface area contributed by atoms with Crippen molar-refractivity contribution in [2.45, 2.75) is 51.6 Å². The molecule has 1 aromatic carbocycles. The van der Waals surface area contributed by atoms with Crippen molar-refractivity contribution in [3.05, 3.63) is 30.3 Å². The maximum atomic E-state index is 10.4. The average Bonchev–Trinajstić information content (AvgIpc) is 2.63. The second-order valence-corrected chi connectivity index (χ2v) is 7.18. The van der Waals surface area contributed by atoms with Crippen molar-refractivity contribution in [3.8, 4) is 5.75 Å². The molecule has 4 nitrogen and oxygen atoms in total. The molecule has 6 atom stereocenters. The normalized spacial score (nSPS) is 35.4. The molecule has 5 heteroatoms. The summed E-state index contributed by atoms with van der Waals surface area (Å²) in [5.74, 6) is 0.821. The van der Waals surface area contributed by atoms with Gasteiger partial charge in [-0.05, 0) is 32.9 Å². The van der Waals surface area contributed by atoms with E-state index < -0.39 is 14.0 Å². The van der Waals surface area contributed by atoms with Gasteiger partial charge in [-0.1, -0.05) is 25.1 Å². The Labute approximate surface area is 128 Å². The average molecular weight is 312 g/mol. The summed E-state index contributed by atoms with van der Waals surface area (Å²) in [6, 6.07) is 9.64. The third-order valence-electron chi connectivity index (χ3n) is 4.35. The lowest BCUT2D eigenvalue weighted by Gasteiger charge is -2.28. The van der Waals surface area contributed by atoms with Crippen molar-refractivity contribution in [2.24, 2.45) is 5.92 Å². The molecule has 0 bridgehead atoms. The number of ether oxygens (including phenoxy) is 1. The Morgan fingerprint density at radius 3 is 2.43 bits per heavy atom. The molecule has 1 heterocycles. The molecule has 1 saturated heterocycles.